The first-order chi connectivity index (χ1) is 6.25. The Hall–Kier alpha value is -0.610. The van der Waals surface area contributed by atoms with E-state index < -0.39 is 0 Å². The van der Waals surface area contributed by atoms with E-state index in [1.165, 1.54) is 14.9 Å². The lowest BCUT2D eigenvalue weighted by molar-refractivity contribution is 0.693. The summed E-state index contributed by atoms with van der Waals surface area (Å²) in [5.74, 6) is 0. The first kappa shape index (κ1) is 8.97. The van der Waals surface area contributed by atoms with Gasteiger partial charge in [0, 0.05) is 15.5 Å². The summed E-state index contributed by atoms with van der Waals surface area (Å²) >= 11 is 5.25. The largest absolute Gasteiger partial charge is 0.267 e. The van der Waals surface area contributed by atoms with Crippen molar-refractivity contribution in [2.45, 2.75) is 13.5 Å². The van der Waals surface area contributed by atoms with E-state index in [9.17, 15) is 0 Å². The number of rotatable bonds is 2. The van der Waals surface area contributed by atoms with Crippen LogP contribution in [0, 0.1) is 6.92 Å². The van der Waals surface area contributed by atoms with Crippen LogP contribution in [0.15, 0.2) is 28.3 Å². The molecule has 2 aromatic rings. The summed E-state index contributed by atoms with van der Waals surface area (Å²) < 4.78 is 3.12. The highest BCUT2D eigenvalue weighted by atomic mass is 79.9. The third kappa shape index (κ3) is 2.00. The molecule has 0 radical (unpaired) electrons. The zero-order valence-electron chi connectivity index (χ0n) is 7.20. The minimum atomic E-state index is 0.853. The van der Waals surface area contributed by atoms with Crippen molar-refractivity contribution in [1.82, 2.24) is 9.78 Å². The van der Waals surface area contributed by atoms with Crippen LogP contribution in [0.1, 0.15) is 10.4 Å². The highest BCUT2D eigenvalue weighted by Crippen LogP contribution is 2.23. The third-order valence-corrected chi connectivity index (χ3v) is 3.67. The number of hydrogen-bond donors (Lipinski definition) is 0. The zero-order chi connectivity index (χ0) is 9.26. The first-order valence-electron chi connectivity index (χ1n) is 3.96. The molecule has 0 N–H and O–H groups in total. The number of nitrogens with zero attached hydrogens (tertiary/aromatic N) is 2. The van der Waals surface area contributed by atoms with Gasteiger partial charge in [0.05, 0.1) is 12.7 Å². The van der Waals surface area contributed by atoms with Gasteiger partial charge in [0.2, 0.25) is 0 Å². The number of aryl methyl sites for hydroxylation is 1. The van der Waals surface area contributed by atoms with Gasteiger partial charge in [-0.3, -0.25) is 4.68 Å². The van der Waals surface area contributed by atoms with Crippen LogP contribution >= 0.6 is 27.3 Å². The maximum atomic E-state index is 4.23. The van der Waals surface area contributed by atoms with Crippen LogP contribution in [0.3, 0.4) is 0 Å². The van der Waals surface area contributed by atoms with Crippen LogP contribution in [0.5, 0.6) is 0 Å². The summed E-state index contributed by atoms with van der Waals surface area (Å²) in [4.78, 5) is 1.31. The van der Waals surface area contributed by atoms with Gasteiger partial charge in [-0.25, -0.2) is 0 Å². The van der Waals surface area contributed by atoms with Crippen molar-refractivity contribution in [3.63, 3.8) is 0 Å². The van der Waals surface area contributed by atoms with Gasteiger partial charge in [-0.05, 0) is 39.9 Å². The lowest BCUT2D eigenvalue weighted by Gasteiger charge is -1.98. The van der Waals surface area contributed by atoms with Crippen molar-refractivity contribution >= 4 is 27.3 Å². The van der Waals surface area contributed by atoms with Gasteiger partial charge in [0.1, 0.15) is 0 Å². The number of aromatic nitrogens is 2. The predicted octanol–water partition coefficient (Wildman–Crippen LogP) is 3.06. The summed E-state index contributed by atoms with van der Waals surface area (Å²) in [6.07, 6.45) is 3.92. The van der Waals surface area contributed by atoms with Crippen LogP contribution < -0.4 is 0 Å². The van der Waals surface area contributed by atoms with E-state index in [4.69, 9.17) is 0 Å². The molecule has 0 saturated carbocycles. The normalized spacial score (nSPS) is 10.6. The molecule has 68 valence electrons. The molecule has 0 bridgehead atoms. The third-order valence-electron chi connectivity index (χ3n) is 1.76. The number of hydrogen-bond acceptors (Lipinski definition) is 2. The summed E-state index contributed by atoms with van der Waals surface area (Å²) in [5.41, 5.74) is 1.20. The predicted molar refractivity (Wildman–Crippen MR) is 58.1 cm³/mol. The second-order valence-corrected chi connectivity index (χ2v) is 4.76. The minimum absolute atomic E-state index is 0.853. The smallest absolute Gasteiger partial charge is 0.0763 e. The fraction of sp³-hybridized carbons (Fsp3) is 0.222. The van der Waals surface area contributed by atoms with E-state index in [2.05, 4.69) is 32.5 Å². The standard InChI is InChI=1S/C9H9BrN2S/c1-7-4-11-12(5-7)6-9-8(10)2-3-13-9/h2-5H,6H2,1H3. The zero-order valence-corrected chi connectivity index (χ0v) is 9.60. The van der Waals surface area contributed by atoms with Crippen molar-refractivity contribution in [2.75, 3.05) is 0 Å². The van der Waals surface area contributed by atoms with Crippen molar-refractivity contribution in [3.8, 4) is 0 Å². The molecule has 0 unspecified atom stereocenters. The quantitative estimate of drug-likeness (QED) is 0.808. The Morgan fingerprint density at radius 1 is 1.62 bits per heavy atom. The van der Waals surface area contributed by atoms with E-state index in [0.29, 0.717) is 0 Å². The summed E-state index contributed by atoms with van der Waals surface area (Å²) in [6, 6.07) is 2.07. The summed E-state index contributed by atoms with van der Waals surface area (Å²) in [6.45, 7) is 2.90. The Kier molecular flexibility index (Phi) is 2.51. The lowest BCUT2D eigenvalue weighted by atomic mass is 10.4. The number of halogens is 1. The van der Waals surface area contributed by atoms with E-state index in [-0.39, 0.29) is 0 Å². The molecule has 0 saturated heterocycles. The Bertz CT molecular complexity index is 405. The maximum Gasteiger partial charge on any atom is 0.0763 e. The fourth-order valence-corrected chi connectivity index (χ4v) is 2.61. The molecule has 2 nitrogen and oxygen atoms in total. The van der Waals surface area contributed by atoms with Crippen molar-refractivity contribution in [1.29, 1.82) is 0 Å². The highest BCUT2D eigenvalue weighted by Gasteiger charge is 2.02. The molecule has 0 aliphatic carbocycles. The van der Waals surface area contributed by atoms with Gasteiger partial charge >= 0.3 is 0 Å². The average molecular weight is 257 g/mol. The monoisotopic (exact) mass is 256 g/mol. The fourth-order valence-electron chi connectivity index (χ4n) is 1.14. The molecule has 2 aromatic heterocycles. The van der Waals surface area contributed by atoms with Crippen molar-refractivity contribution in [3.05, 3.63) is 38.8 Å². The summed E-state index contributed by atoms with van der Waals surface area (Å²) in [5, 5.41) is 6.31. The SMILES string of the molecule is Cc1cnn(Cc2sccc2Br)c1. The molecule has 2 heterocycles. The molecular formula is C9H9BrN2S. The topological polar surface area (TPSA) is 17.8 Å². The number of thiophene rings is 1. The van der Waals surface area contributed by atoms with Gasteiger partial charge in [-0.1, -0.05) is 0 Å². The summed E-state index contributed by atoms with van der Waals surface area (Å²) in [7, 11) is 0. The molecule has 0 spiro atoms. The average Bonchev–Trinajstić information content (AvgIpc) is 2.64. The first-order valence-corrected chi connectivity index (χ1v) is 5.64. The molecule has 0 fully saturated rings. The van der Waals surface area contributed by atoms with Gasteiger partial charge in [0.15, 0.2) is 0 Å². The van der Waals surface area contributed by atoms with Crippen LogP contribution in [0.2, 0.25) is 0 Å². The van der Waals surface area contributed by atoms with E-state index >= 15 is 0 Å². The molecule has 4 heteroatoms. The van der Waals surface area contributed by atoms with Crippen LogP contribution in [-0.4, -0.2) is 9.78 Å². The van der Waals surface area contributed by atoms with E-state index in [1.807, 2.05) is 24.0 Å². The van der Waals surface area contributed by atoms with Gasteiger partial charge in [-0.15, -0.1) is 11.3 Å². The Labute approximate surface area is 89.3 Å². The van der Waals surface area contributed by atoms with Crippen LogP contribution in [-0.2, 0) is 6.54 Å². The second kappa shape index (κ2) is 3.64. The van der Waals surface area contributed by atoms with Crippen molar-refractivity contribution < 1.29 is 0 Å². The Morgan fingerprint density at radius 2 is 2.46 bits per heavy atom. The molecule has 0 atom stereocenters. The van der Waals surface area contributed by atoms with Gasteiger partial charge in [-0.2, -0.15) is 5.10 Å². The Morgan fingerprint density at radius 3 is 3.00 bits per heavy atom. The molecule has 0 amide bonds. The van der Waals surface area contributed by atoms with Crippen LogP contribution in [0.25, 0.3) is 0 Å². The lowest BCUT2D eigenvalue weighted by Crippen LogP contribution is -1.97. The van der Waals surface area contributed by atoms with Crippen molar-refractivity contribution in [2.24, 2.45) is 0 Å². The van der Waals surface area contributed by atoms with Gasteiger partial charge in [0.25, 0.3) is 0 Å². The minimum Gasteiger partial charge on any atom is -0.267 e. The molecule has 0 aliphatic heterocycles. The van der Waals surface area contributed by atoms with E-state index in [0.717, 1.165) is 6.54 Å². The molecule has 0 aromatic carbocycles. The molecule has 0 aliphatic rings. The molecular weight excluding hydrogens is 248 g/mol. The maximum absolute atomic E-state index is 4.23. The second-order valence-electron chi connectivity index (χ2n) is 2.91. The molecule has 2 rings (SSSR count). The van der Waals surface area contributed by atoms with Crippen LogP contribution in [0.4, 0.5) is 0 Å². The van der Waals surface area contributed by atoms with Gasteiger partial charge < -0.3 is 0 Å². The van der Waals surface area contributed by atoms with E-state index in [1.54, 1.807) is 11.3 Å². The molecule has 13 heavy (non-hydrogen) atoms. The Balaban J connectivity index is 2.19. The highest BCUT2D eigenvalue weighted by molar-refractivity contribution is 9.10.